The van der Waals surface area contributed by atoms with E-state index in [0.29, 0.717) is 33.3 Å². The Hall–Kier alpha value is -2.08. The molecule has 0 saturated heterocycles. The van der Waals surface area contributed by atoms with Gasteiger partial charge in [-0.2, -0.15) is 0 Å². The van der Waals surface area contributed by atoms with Gasteiger partial charge in [0.1, 0.15) is 17.2 Å². The van der Waals surface area contributed by atoms with Gasteiger partial charge in [0.05, 0.1) is 0 Å². The molecule has 3 nitrogen and oxygen atoms in total. The minimum Gasteiger partial charge on any atom is -0.431 e. The number of oxazole rings is 1. The molecule has 102 valence electrons. The third-order valence-electron chi connectivity index (χ3n) is 2.68. The van der Waals surface area contributed by atoms with Gasteiger partial charge in [-0.15, -0.1) is 0 Å². The summed E-state index contributed by atoms with van der Waals surface area (Å²) in [5.74, 6) is -0.811. The largest absolute Gasteiger partial charge is 0.431 e. The number of nitrogen functional groups attached to an aromatic ring is 1. The summed E-state index contributed by atoms with van der Waals surface area (Å²) in [5.41, 5.74) is 8.10. The zero-order chi connectivity index (χ0) is 14.1. The topological polar surface area (TPSA) is 52.0 Å². The predicted octanol–water partition coefficient (Wildman–Crippen LogP) is 3.98. The first-order chi connectivity index (χ1) is 9.60. The first kappa shape index (κ1) is 12.9. The number of nitrogens with zero attached hydrogens (tertiary/aromatic N) is 1. The summed E-state index contributed by atoms with van der Waals surface area (Å²) in [5, 5.41) is 0.440. The Morgan fingerprint density at radius 1 is 1.10 bits per heavy atom. The van der Waals surface area contributed by atoms with Crippen LogP contribution in [0.4, 0.5) is 14.5 Å². The summed E-state index contributed by atoms with van der Waals surface area (Å²) in [6.45, 7) is 0. The monoisotopic (exact) mass is 292 g/mol. The van der Waals surface area contributed by atoms with Crippen molar-refractivity contribution in [1.29, 1.82) is 0 Å². The molecule has 0 atom stereocenters. The quantitative estimate of drug-likeness (QED) is 0.586. The molecule has 0 fully saturated rings. The van der Waals surface area contributed by atoms with Crippen LogP contribution < -0.4 is 5.73 Å². The third kappa shape index (κ3) is 2.75. The maximum absolute atomic E-state index is 13.1. The zero-order valence-corrected chi connectivity index (χ0v) is 11.1. The maximum Gasteiger partial charge on any atom is 0.257 e. The molecule has 0 aliphatic rings. The van der Waals surface area contributed by atoms with Crippen molar-refractivity contribution in [1.82, 2.24) is 4.98 Å². The SMILES string of the molecule is Nc1ccc2oc(SCc3cc(F)cc(F)c3)nc2c1. The number of hydrogen-bond donors (Lipinski definition) is 1. The summed E-state index contributed by atoms with van der Waals surface area (Å²) in [7, 11) is 0. The molecule has 20 heavy (non-hydrogen) atoms. The summed E-state index contributed by atoms with van der Waals surface area (Å²) in [6, 6.07) is 8.60. The number of anilines is 1. The first-order valence-electron chi connectivity index (χ1n) is 5.84. The molecule has 0 radical (unpaired) electrons. The van der Waals surface area contributed by atoms with Gasteiger partial charge in [0.25, 0.3) is 5.22 Å². The van der Waals surface area contributed by atoms with Gasteiger partial charge in [-0.3, -0.25) is 0 Å². The van der Waals surface area contributed by atoms with Gasteiger partial charge in [0, 0.05) is 17.5 Å². The van der Waals surface area contributed by atoms with Crippen LogP contribution in [0.15, 0.2) is 46.0 Å². The Morgan fingerprint density at radius 2 is 1.85 bits per heavy atom. The average molecular weight is 292 g/mol. The van der Waals surface area contributed by atoms with Crippen LogP contribution in [0.2, 0.25) is 0 Å². The van der Waals surface area contributed by atoms with Crippen molar-refractivity contribution in [2.24, 2.45) is 0 Å². The van der Waals surface area contributed by atoms with Crippen LogP contribution in [-0.2, 0) is 5.75 Å². The second kappa shape index (κ2) is 5.13. The van der Waals surface area contributed by atoms with Crippen LogP contribution in [0.3, 0.4) is 0 Å². The molecule has 0 saturated carbocycles. The fourth-order valence-electron chi connectivity index (χ4n) is 1.82. The Kier molecular flexibility index (Phi) is 3.31. The highest BCUT2D eigenvalue weighted by atomic mass is 32.2. The number of thioether (sulfide) groups is 1. The lowest BCUT2D eigenvalue weighted by Crippen LogP contribution is -1.86. The third-order valence-corrected chi connectivity index (χ3v) is 3.58. The molecule has 0 amide bonds. The summed E-state index contributed by atoms with van der Waals surface area (Å²) in [6.07, 6.45) is 0. The van der Waals surface area contributed by atoms with Crippen LogP contribution in [0.5, 0.6) is 0 Å². The molecule has 3 aromatic rings. The Balaban J connectivity index is 1.79. The predicted molar refractivity (Wildman–Crippen MR) is 74.3 cm³/mol. The van der Waals surface area contributed by atoms with Crippen molar-refractivity contribution in [2.45, 2.75) is 11.0 Å². The second-order valence-electron chi connectivity index (χ2n) is 4.27. The molecule has 1 aromatic heterocycles. The minimum absolute atomic E-state index is 0.372. The average Bonchev–Trinajstić information content (AvgIpc) is 2.77. The number of benzene rings is 2. The highest BCUT2D eigenvalue weighted by Gasteiger charge is 2.08. The van der Waals surface area contributed by atoms with Gasteiger partial charge in [-0.05, 0) is 35.9 Å². The summed E-state index contributed by atoms with van der Waals surface area (Å²) in [4.78, 5) is 4.26. The second-order valence-corrected chi connectivity index (χ2v) is 5.20. The lowest BCUT2D eigenvalue weighted by Gasteiger charge is -1.99. The number of rotatable bonds is 3. The van der Waals surface area contributed by atoms with E-state index >= 15 is 0 Å². The lowest BCUT2D eigenvalue weighted by molar-refractivity contribution is 0.489. The summed E-state index contributed by atoms with van der Waals surface area (Å²) >= 11 is 1.27. The van der Waals surface area contributed by atoms with Crippen LogP contribution in [0.25, 0.3) is 11.1 Å². The standard InChI is InChI=1S/C14H10F2N2OS/c15-9-3-8(4-10(16)5-9)7-20-14-18-12-6-11(17)1-2-13(12)19-14/h1-6H,7,17H2. The molecule has 0 spiro atoms. The number of nitrogens with two attached hydrogens (primary N) is 1. The van der Waals surface area contributed by atoms with E-state index in [2.05, 4.69) is 4.98 Å². The normalized spacial score (nSPS) is 11.1. The molecule has 2 N–H and O–H groups in total. The highest BCUT2D eigenvalue weighted by molar-refractivity contribution is 7.98. The molecule has 2 aromatic carbocycles. The van der Waals surface area contributed by atoms with Crippen molar-refractivity contribution in [3.05, 3.63) is 53.6 Å². The molecule has 0 unspecified atom stereocenters. The fourth-order valence-corrected chi connectivity index (χ4v) is 2.59. The highest BCUT2D eigenvalue weighted by Crippen LogP contribution is 2.27. The summed E-state index contributed by atoms with van der Waals surface area (Å²) < 4.78 is 31.6. The Bertz CT molecular complexity index is 753. The van der Waals surface area contributed by atoms with Crippen molar-refractivity contribution in [3.8, 4) is 0 Å². The Morgan fingerprint density at radius 3 is 2.60 bits per heavy atom. The van der Waals surface area contributed by atoms with Crippen molar-refractivity contribution in [2.75, 3.05) is 5.73 Å². The van der Waals surface area contributed by atoms with Crippen LogP contribution >= 0.6 is 11.8 Å². The number of halogens is 2. The van der Waals surface area contributed by atoms with E-state index in [9.17, 15) is 8.78 Å². The van der Waals surface area contributed by atoms with E-state index in [0.717, 1.165) is 6.07 Å². The van der Waals surface area contributed by atoms with Crippen LogP contribution in [-0.4, -0.2) is 4.98 Å². The minimum atomic E-state index is -0.592. The van der Waals surface area contributed by atoms with Gasteiger partial charge in [-0.25, -0.2) is 13.8 Å². The molecular formula is C14H10F2N2OS. The molecule has 1 heterocycles. The van der Waals surface area contributed by atoms with Gasteiger partial charge in [0.15, 0.2) is 5.58 Å². The van der Waals surface area contributed by atoms with Crippen molar-refractivity contribution in [3.63, 3.8) is 0 Å². The Labute approximate surface area is 117 Å². The van der Waals surface area contributed by atoms with Crippen molar-refractivity contribution < 1.29 is 13.2 Å². The molecule has 0 bridgehead atoms. The zero-order valence-electron chi connectivity index (χ0n) is 10.3. The van der Waals surface area contributed by atoms with Gasteiger partial charge in [0.2, 0.25) is 0 Å². The fraction of sp³-hybridized carbons (Fsp3) is 0.0714. The van der Waals surface area contributed by atoms with Crippen molar-refractivity contribution >= 4 is 28.5 Å². The van der Waals surface area contributed by atoms with Crippen LogP contribution in [0.1, 0.15) is 5.56 Å². The molecule has 0 aliphatic heterocycles. The molecule has 3 rings (SSSR count). The van der Waals surface area contributed by atoms with E-state index < -0.39 is 11.6 Å². The number of aromatic nitrogens is 1. The first-order valence-corrected chi connectivity index (χ1v) is 6.82. The molecule has 6 heteroatoms. The van der Waals surface area contributed by atoms with E-state index in [1.165, 1.54) is 23.9 Å². The van der Waals surface area contributed by atoms with Gasteiger partial charge in [-0.1, -0.05) is 11.8 Å². The molecule has 0 aliphatic carbocycles. The maximum atomic E-state index is 13.1. The van der Waals surface area contributed by atoms with E-state index in [-0.39, 0.29) is 0 Å². The van der Waals surface area contributed by atoms with E-state index in [1.54, 1.807) is 18.2 Å². The van der Waals surface area contributed by atoms with Gasteiger partial charge >= 0.3 is 0 Å². The van der Waals surface area contributed by atoms with E-state index in [4.69, 9.17) is 10.2 Å². The number of fused-ring (bicyclic) bond motifs is 1. The van der Waals surface area contributed by atoms with Gasteiger partial charge < -0.3 is 10.2 Å². The smallest absolute Gasteiger partial charge is 0.257 e. The lowest BCUT2D eigenvalue weighted by atomic mass is 10.2. The molecular weight excluding hydrogens is 282 g/mol. The van der Waals surface area contributed by atoms with E-state index in [1.807, 2.05) is 0 Å². The number of hydrogen-bond acceptors (Lipinski definition) is 4. The van der Waals surface area contributed by atoms with Crippen LogP contribution in [0, 0.1) is 11.6 Å².